The third-order valence-electron chi connectivity index (χ3n) is 10.7. The monoisotopic (exact) mass is 901 g/mol. The van der Waals surface area contributed by atoms with E-state index in [4.69, 9.17) is 14.2 Å². The summed E-state index contributed by atoms with van der Waals surface area (Å²) in [5.74, 6) is -1.08. The Labute approximate surface area is 400 Å². The minimum Gasteiger partial charge on any atom is -0.462 e. The fourth-order valence-electron chi connectivity index (χ4n) is 6.71. The highest BCUT2D eigenvalue weighted by Crippen LogP contribution is 2.11. The average molecular weight is 901 g/mol. The quantitative estimate of drug-likeness (QED) is 0.0262. The first-order chi connectivity index (χ1) is 32.0. The Morgan fingerprint density at radius 3 is 1.09 bits per heavy atom. The van der Waals surface area contributed by atoms with Gasteiger partial charge in [-0.15, -0.1) is 0 Å². The topological polar surface area (TPSA) is 78.9 Å². The fourth-order valence-corrected chi connectivity index (χ4v) is 6.71. The number of hydrogen-bond acceptors (Lipinski definition) is 6. The summed E-state index contributed by atoms with van der Waals surface area (Å²) >= 11 is 0. The van der Waals surface area contributed by atoms with E-state index in [9.17, 15) is 14.4 Å². The number of allylic oxidation sites excluding steroid dienone is 18. The van der Waals surface area contributed by atoms with E-state index < -0.39 is 6.10 Å². The summed E-state index contributed by atoms with van der Waals surface area (Å²) in [6.07, 6.45) is 70.9. The number of unbranched alkanes of at least 4 members (excludes halogenated alkanes) is 17. The maximum atomic E-state index is 12.8. The Bertz CT molecular complexity index is 1360. The molecule has 0 aromatic carbocycles. The normalized spacial score (nSPS) is 13.0. The number of rotatable bonds is 46. The minimum atomic E-state index is -0.839. The van der Waals surface area contributed by atoms with Crippen LogP contribution in [0.15, 0.2) is 109 Å². The van der Waals surface area contributed by atoms with E-state index in [0.717, 1.165) is 77.0 Å². The number of hydrogen-bond donors (Lipinski definition) is 0. The largest absolute Gasteiger partial charge is 0.462 e. The van der Waals surface area contributed by atoms with Gasteiger partial charge >= 0.3 is 17.9 Å². The molecule has 0 saturated carbocycles. The fraction of sp³-hybridized carbons (Fsp3) is 0.644. The smallest absolute Gasteiger partial charge is 0.306 e. The molecule has 0 aliphatic rings. The summed E-state index contributed by atoms with van der Waals surface area (Å²) < 4.78 is 16.7. The molecule has 0 aliphatic heterocycles. The van der Waals surface area contributed by atoms with Crippen molar-refractivity contribution in [2.24, 2.45) is 0 Å². The van der Waals surface area contributed by atoms with Crippen molar-refractivity contribution in [1.29, 1.82) is 0 Å². The molecule has 6 heteroatoms. The Kier molecular flexibility index (Phi) is 49.5. The molecular weight excluding hydrogens is 805 g/mol. The van der Waals surface area contributed by atoms with Crippen LogP contribution < -0.4 is 0 Å². The molecule has 0 N–H and O–H groups in total. The maximum absolute atomic E-state index is 12.8. The van der Waals surface area contributed by atoms with Crippen LogP contribution >= 0.6 is 0 Å². The SMILES string of the molecule is CCCC/C=C\CCCCCCCC(=O)OC[C@@H](COC(=O)CC/C=C\C/C=C\C/C=C\C/C=C\C/C=C\CCCCC)OC(=O)CCC/C=C\C/C=C\C/C=C\CCCCCCCC. The van der Waals surface area contributed by atoms with Gasteiger partial charge in [-0.3, -0.25) is 14.4 Å². The van der Waals surface area contributed by atoms with E-state index in [1.165, 1.54) is 96.3 Å². The molecule has 0 unspecified atom stereocenters. The van der Waals surface area contributed by atoms with Crippen LogP contribution in [0.2, 0.25) is 0 Å². The number of esters is 3. The van der Waals surface area contributed by atoms with Crippen molar-refractivity contribution in [3.63, 3.8) is 0 Å². The summed E-state index contributed by atoms with van der Waals surface area (Å²) in [5, 5.41) is 0. The van der Waals surface area contributed by atoms with Gasteiger partial charge in [0.2, 0.25) is 0 Å². The zero-order valence-electron chi connectivity index (χ0n) is 42.0. The molecular formula is C59H96O6. The molecule has 0 bridgehead atoms. The molecule has 0 rings (SSSR count). The predicted octanol–water partition coefficient (Wildman–Crippen LogP) is 17.5. The first kappa shape index (κ1) is 61.1. The summed E-state index contributed by atoms with van der Waals surface area (Å²) in [7, 11) is 0. The van der Waals surface area contributed by atoms with Crippen LogP contribution in [0.4, 0.5) is 0 Å². The third-order valence-corrected chi connectivity index (χ3v) is 10.7. The Morgan fingerprint density at radius 2 is 0.615 bits per heavy atom. The lowest BCUT2D eigenvalue weighted by atomic mass is 10.1. The predicted molar refractivity (Wildman–Crippen MR) is 279 cm³/mol. The van der Waals surface area contributed by atoms with Crippen molar-refractivity contribution < 1.29 is 28.6 Å². The van der Waals surface area contributed by atoms with Gasteiger partial charge in [0.05, 0.1) is 0 Å². The van der Waals surface area contributed by atoms with E-state index in [-0.39, 0.29) is 44.0 Å². The van der Waals surface area contributed by atoms with Gasteiger partial charge in [0.1, 0.15) is 13.2 Å². The standard InChI is InChI=1S/C59H96O6/c1-4-7-10-13-16-19-22-24-26-28-29-31-32-34-37-40-43-46-49-52-58(61)64-55-56(54-63-57(60)51-48-45-42-39-36-21-18-15-12-9-6-3)65-59(62)53-50-47-44-41-38-35-33-30-27-25-23-20-17-14-11-8-5-2/h15-16,18-19,24-27,29,31,33-35,37,41,43-44,46,56H,4-14,17,20-23,28,30,32,36,38-40,42,45,47-55H2,1-3H3/b18-15-,19-16-,26-24-,27-25-,31-29-,35-33-,37-34-,44-41-,46-43-/t56-/m0/s1. The number of carbonyl (C=O) groups excluding carboxylic acids is 3. The van der Waals surface area contributed by atoms with Gasteiger partial charge in [0.15, 0.2) is 6.10 Å². The minimum absolute atomic E-state index is 0.127. The molecule has 0 aromatic rings. The second-order valence-electron chi connectivity index (χ2n) is 17.1. The van der Waals surface area contributed by atoms with Gasteiger partial charge in [-0.25, -0.2) is 0 Å². The van der Waals surface area contributed by atoms with E-state index >= 15 is 0 Å². The summed E-state index contributed by atoms with van der Waals surface area (Å²) in [5.41, 5.74) is 0. The van der Waals surface area contributed by atoms with Gasteiger partial charge in [0, 0.05) is 19.3 Å². The van der Waals surface area contributed by atoms with Crippen molar-refractivity contribution >= 4 is 17.9 Å². The van der Waals surface area contributed by atoms with Gasteiger partial charge in [0.25, 0.3) is 0 Å². The Balaban J connectivity index is 4.58. The van der Waals surface area contributed by atoms with Crippen molar-refractivity contribution in [3.8, 4) is 0 Å². The lowest BCUT2D eigenvalue weighted by molar-refractivity contribution is -0.166. The van der Waals surface area contributed by atoms with E-state index in [2.05, 4.69) is 118 Å². The van der Waals surface area contributed by atoms with Crippen LogP contribution in [0, 0.1) is 0 Å². The van der Waals surface area contributed by atoms with Crippen molar-refractivity contribution in [3.05, 3.63) is 109 Å². The highest BCUT2D eigenvalue weighted by Gasteiger charge is 2.19. The van der Waals surface area contributed by atoms with Crippen molar-refractivity contribution in [2.45, 2.75) is 232 Å². The van der Waals surface area contributed by atoms with E-state index in [1.807, 2.05) is 12.2 Å². The second-order valence-corrected chi connectivity index (χ2v) is 17.1. The summed E-state index contributed by atoms with van der Waals surface area (Å²) in [4.78, 5) is 37.9. The molecule has 1 atom stereocenters. The van der Waals surface area contributed by atoms with Crippen LogP contribution in [0.5, 0.6) is 0 Å². The van der Waals surface area contributed by atoms with Crippen LogP contribution in [-0.2, 0) is 28.6 Å². The second kappa shape index (κ2) is 52.7. The molecule has 0 radical (unpaired) electrons. The lowest BCUT2D eigenvalue weighted by Gasteiger charge is -2.18. The lowest BCUT2D eigenvalue weighted by Crippen LogP contribution is -2.30. The molecule has 0 aliphatic carbocycles. The molecule has 0 heterocycles. The molecule has 0 fully saturated rings. The van der Waals surface area contributed by atoms with Gasteiger partial charge < -0.3 is 14.2 Å². The number of ether oxygens (including phenoxy) is 3. The van der Waals surface area contributed by atoms with Crippen LogP contribution in [0.3, 0.4) is 0 Å². The van der Waals surface area contributed by atoms with Gasteiger partial charge in [-0.2, -0.15) is 0 Å². The first-order valence-electron chi connectivity index (χ1n) is 26.4. The van der Waals surface area contributed by atoms with Crippen LogP contribution in [0.25, 0.3) is 0 Å². The van der Waals surface area contributed by atoms with Crippen LogP contribution in [0.1, 0.15) is 226 Å². The van der Waals surface area contributed by atoms with Gasteiger partial charge in [-0.05, 0) is 109 Å². The third kappa shape index (κ3) is 50.9. The highest BCUT2D eigenvalue weighted by atomic mass is 16.6. The van der Waals surface area contributed by atoms with Gasteiger partial charge in [-0.1, -0.05) is 207 Å². The van der Waals surface area contributed by atoms with Crippen molar-refractivity contribution in [1.82, 2.24) is 0 Å². The van der Waals surface area contributed by atoms with Crippen molar-refractivity contribution in [2.75, 3.05) is 13.2 Å². The summed E-state index contributed by atoms with van der Waals surface area (Å²) in [6.45, 7) is 6.43. The Morgan fingerprint density at radius 1 is 0.308 bits per heavy atom. The molecule has 0 spiro atoms. The molecule has 0 amide bonds. The summed E-state index contributed by atoms with van der Waals surface area (Å²) in [6, 6.07) is 0. The van der Waals surface area contributed by atoms with Crippen LogP contribution in [-0.4, -0.2) is 37.2 Å². The first-order valence-corrected chi connectivity index (χ1v) is 26.4. The molecule has 0 aromatic heterocycles. The van der Waals surface area contributed by atoms with E-state index in [1.54, 1.807) is 0 Å². The molecule has 0 saturated heterocycles. The van der Waals surface area contributed by atoms with E-state index in [0.29, 0.717) is 19.3 Å². The molecule has 368 valence electrons. The number of carbonyl (C=O) groups is 3. The zero-order valence-corrected chi connectivity index (χ0v) is 42.0. The molecule has 6 nitrogen and oxygen atoms in total. The Hall–Kier alpha value is -3.93. The average Bonchev–Trinajstić information content (AvgIpc) is 3.30. The molecule has 65 heavy (non-hydrogen) atoms. The maximum Gasteiger partial charge on any atom is 0.306 e. The zero-order chi connectivity index (χ0) is 47.2. The highest BCUT2D eigenvalue weighted by molar-refractivity contribution is 5.71.